The number of nitrogens with zero attached hydrogens (tertiary/aromatic N) is 1. The van der Waals surface area contributed by atoms with Gasteiger partial charge in [-0.15, -0.1) is 11.3 Å². The number of carbonyl (C=O) groups is 2. The molecule has 0 aliphatic rings. The summed E-state index contributed by atoms with van der Waals surface area (Å²) in [5, 5.41) is 14.3. The van der Waals surface area contributed by atoms with Crippen molar-refractivity contribution in [3.63, 3.8) is 0 Å². The van der Waals surface area contributed by atoms with Crippen LogP contribution >= 0.6 is 23.1 Å². The number of aromatic nitrogens is 1. The maximum Gasteiger partial charge on any atom is 1.00 e. The van der Waals surface area contributed by atoms with Crippen LogP contribution < -0.4 is 29.3 Å². The molecular formula is C29H35LiN2O4S2. The van der Waals surface area contributed by atoms with Crippen molar-refractivity contribution in [2.24, 2.45) is 0 Å². The van der Waals surface area contributed by atoms with Gasteiger partial charge in [0.05, 0.1) is 40.8 Å². The van der Waals surface area contributed by atoms with Crippen LogP contribution in [0.3, 0.4) is 0 Å². The van der Waals surface area contributed by atoms with Crippen molar-refractivity contribution >= 4 is 35.0 Å². The van der Waals surface area contributed by atoms with Gasteiger partial charge < -0.3 is 20.0 Å². The minimum atomic E-state index is -1.28. The van der Waals surface area contributed by atoms with Crippen molar-refractivity contribution in [3.8, 4) is 11.1 Å². The van der Waals surface area contributed by atoms with Crippen molar-refractivity contribution in [1.82, 2.24) is 10.3 Å². The average molecular weight is 547 g/mol. The smallest absolute Gasteiger partial charge is 0.548 e. The molecule has 198 valence electrons. The number of thioether (sulfide) groups is 1. The molecule has 1 heterocycles. The van der Waals surface area contributed by atoms with Crippen LogP contribution in [0.1, 0.15) is 70.8 Å². The standard InChI is InChI=1S/C29H36N2O4S2.Li/c1-5-6-11-26(27-20(3)30-18-37-27)35-17-21-12-13-23(24(16-21)22-10-8-7-9-19(22)2)28(32)31-25(29(33)34)14-15-36-4;/h7-10,12-13,16,18,25-26H,5-6,11,14-15,17H2,1-4H3,(H,31,32)(H,33,34);/q;+1/p-1/t25-,26?;/m0./s1. The van der Waals surface area contributed by atoms with E-state index >= 15 is 0 Å². The fourth-order valence-electron chi connectivity index (χ4n) is 4.19. The third kappa shape index (κ3) is 8.72. The molecule has 1 unspecified atom stereocenters. The first-order valence-electron chi connectivity index (χ1n) is 12.6. The third-order valence-corrected chi connectivity index (χ3v) is 7.98. The zero-order valence-electron chi connectivity index (χ0n) is 22.9. The second-order valence-corrected chi connectivity index (χ2v) is 10.9. The van der Waals surface area contributed by atoms with Crippen molar-refractivity contribution in [2.45, 2.75) is 65.2 Å². The van der Waals surface area contributed by atoms with E-state index in [1.807, 2.05) is 62.0 Å². The molecule has 0 radical (unpaired) electrons. The SMILES string of the molecule is CCCCC(OCc1ccc(C(=O)N[C@@H](CCSC)C(=O)[O-])c(-c2ccccc2C)c1)c1scnc1C.[Li+]. The largest absolute Gasteiger partial charge is 1.00 e. The maximum absolute atomic E-state index is 13.3. The second kappa shape index (κ2) is 16.1. The summed E-state index contributed by atoms with van der Waals surface area (Å²) >= 11 is 3.15. The Hall–Kier alpha value is -2.08. The van der Waals surface area contributed by atoms with Gasteiger partial charge in [0.1, 0.15) is 0 Å². The number of aliphatic carboxylic acids is 1. The molecule has 0 bridgehead atoms. The Balaban J connectivity index is 0.00000507. The number of benzene rings is 2. The van der Waals surface area contributed by atoms with Crippen LogP contribution in [0.4, 0.5) is 0 Å². The number of aryl methyl sites for hydroxylation is 2. The van der Waals surface area contributed by atoms with E-state index in [0.29, 0.717) is 24.3 Å². The molecule has 0 aliphatic carbocycles. The fourth-order valence-corrected chi connectivity index (χ4v) is 5.55. The van der Waals surface area contributed by atoms with Crippen molar-refractivity contribution in [1.29, 1.82) is 0 Å². The van der Waals surface area contributed by atoms with Gasteiger partial charge in [0.2, 0.25) is 0 Å². The van der Waals surface area contributed by atoms with Gasteiger partial charge in [0, 0.05) is 5.56 Å². The zero-order chi connectivity index (χ0) is 26.8. The Kier molecular flexibility index (Phi) is 13.6. The molecule has 2 atom stereocenters. The Labute approximate surface area is 246 Å². The number of nitrogens with one attached hydrogen (secondary N) is 1. The minimum absolute atomic E-state index is 0. The first-order valence-corrected chi connectivity index (χ1v) is 14.8. The first kappa shape index (κ1) is 32.1. The molecule has 38 heavy (non-hydrogen) atoms. The Morgan fingerprint density at radius 2 is 1.89 bits per heavy atom. The molecule has 0 saturated heterocycles. The Morgan fingerprint density at radius 3 is 2.53 bits per heavy atom. The topological polar surface area (TPSA) is 91.3 Å². The van der Waals surface area contributed by atoms with Crippen LogP contribution in [0.15, 0.2) is 48.0 Å². The van der Waals surface area contributed by atoms with E-state index in [4.69, 9.17) is 4.74 Å². The third-order valence-electron chi connectivity index (χ3n) is 6.31. The second-order valence-electron chi connectivity index (χ2n) is 9.07. The van der Waals surface area contributed by atoms with Gasteiger partial charge in [0.25, 0.3) is 5.91 Å². The van der Waals surface area contributed by atoms with Gasteiger partial charge in [-0.3, -0.25) is 4.79 Å². The summed E-state index contributed by atoms with van der Waals surface area (Å²) < 4.78 is 6.40. The van der Waals surface area contributed by atoms with Crippen LogP contribution in [0.5, 0.6) is 0 Å². The quantitative estimate of drug-likeness (QED) is 0.313. The molecule has 1 amide bonds. The number of ether oxygens (including phenoxy) is 1. The number of carboxylic acid groups (broad SMARTS) is 1. The van der Waals surface area contributed by atoms with Crippen LogP contribution in [0, 0.1) is 13.8 Å². The maximum atomic E-state index is 13.3. The molecule has 3 rings (SSSR count). The van der Waals surface area contributed by atoms with Crippen molar-refractivity contribution in [2.75, 3.05) is 12.0 Å². The summed E-state index contributed by atoms with van der Waals surface area (Å²) in [5.41, 5.74) is 6.92. The van der Waals surface area contributed by atoms with Crippen LogP contribution in [-0.4, -0.2) is 34.9 Å². The summed E-state index contributed by atoms with van der Waals surface area (Å²) in [7, 11) is 0. The molecule has 0 aliphatic heterocycles. The molecule has 0 fully saturated rings. The number of carbonyl (C=O) groups excluding carboxylic acids is 2. The number of thiazole rings is 1. The summed E-state index contributed by atoms with van der Waals surface area (Å²) in [6.07, 6.45) is 5.24. The molecule has 1 N–H and O–H groups in total. The van der Waals surface area contributed by atoms with Crippen molar-refractivity contribution < 1.29 is 38.3 Å². The number of unbranched alkanes of at least 4 members (excludes halogenated alkanes) is 1. The van der Waals surface area contributed by atoms with Gasteiger partial charge in [-0.2, -0.15) is 11.8 Å². The predicted octanol–water partition coefficient (Wildman–Crippen LogP) is 2.48. The van der Waals surface area contributed by atoms with Crippen LogP contribution in [0.2, 0.25) is 0 Å². The minimum Gasteiger partial charge on any atom is -0.548 e. The number of hydrogen-bond donors (Lipinski definition) is 1. The summed E-state index contributed by atoms with van der Waals surface area (Å²) in [4.78, 5) is 30.4. The molecule has 0 spiro atoms. The van der Waals surface area contributed by atoms with E-state index < -0.39 is 17.9 Å². The number of amides is 1. The molecule has 3 aromatic rings. The molecule has 9 heteroatoms. The first-order chi connectivity index (χ1) is 17.8. The number of rotatable bonds is 14. The monoisotopic (exact) mass is 546 g/mol. The number of hydrogen-bond acceptors (Lipinski definition) is 7. The molecular weight excluding hydrogens is 511 g/mol. The molecule has 2 aromatic carbocycles. The molecule has 0 saturated carbocycles. The summed E-state index contributed by atoms with van der Waals surface area (Å²) in [5.74, 6) is -1.10. The van der Waals surface area contributed by atoms with Gasteiger partial charge in [0.15, 0.2) is 0 Å². The van der Waals surface area contributed by atoms with E-state index in [2.05, 4.69) is 17.2 Å². The van der Waals surface area contributed by atoms with Gasteiger partial charge in [-0.25, -0.2) is 4.98 Å². The van der Waals surface area contributed by atoms with E-state index in [-0.39, 0.29) is 25.0 Å². The number of carboxylic acids is 1. The fraction of sp³-hybridized carbons (Fsp3) is 0.414. The van der Waals surface area contributed by atoms with Crippen LogP contribution in [-0.2, 0) is 16.1 Å². The van der Waals surface area contributed by atoms with E-state index in [1.54, 1.807) is 17.4 Å². The van der Waals surface area contributed by atoms with Crippen LogP contribution in [0.25, 0.3) is 11.1 Å². The molecule has 1 aromatic heterocycles. The van der Waals surface area contributed by atoms with E-state index in [9.17, 15) is 14.7 Å². The average Bonchev–Trinajstić information content (AvgIpc) is 3.32. The normalized spacial score (nSPS) is 12.4. The Morgan fingerprint density at radius 1 is 1.13 bits per heavy atom. The van der Waals surface area contributed by atoms with Gasteiger partial charge in [-0.05, 0) is 73.1 Å². The predicted molar refractivity (Wildman–Crippen MR) is 150 cm³/mol. The van der Waals surface area contributed by atoms with E-state index in [0.717, 1.165) is 52.1 Å². The van der Waals surface area contributed by atoms with Crippen molar-refractivity contribution in [3.05, 3.63) is 75.2 Å². The summed E-state index contributed by atoms with van der Waals surface area (Å²) in [6, 6.07) is 12.4. The zero-order valence-corrected chi connectivity index (χ0v) is 24.5. The summed E-state index contributed by atoms with van der Waals surface area (Å²) in [6.45, 7) is 6.57. The van der Waals surface area contributed by atoms with E-state index in [1.165, 1.54) is 11.8 Å². The molecule has 6 nitrogen and oxygen atoms in total. The van der Waals surface area contributed by atoms with Gasteiger partial charge in [-0.1, -0.05) is 50.1 Å². The Bertz CT molecular complexity index is 1200. The van der Waals surface area contributed by atoms with Gasteiger partial charge >= 0.3 is 18.9 Å².